The highest BCUT2D eigenvalue weighted by Crippen LogP contribution is 2.28. The minimum atomic E-state index is 0.298. The fraction of sp³-hybridized carbons (Fsp3) is 0.0909. The molecule has 10 heteroatoms. The molecule has 21 heavy (non-hydrogen) atoms. The number of hydrogen-bond donors (Lipinski definition) is 1. The van der Waals surface area contributed by atoms with Crippen molar-refractivity contribution < 1.29 is 9.37 Å². The monoisotopic (exact) mass is 284 g/mol. The molecule has 0 unspecified atom stereocenters. The van der Waals surface area contributed by atoms with Gasteiger partial charge in [-0.15, -0.1) is 5.10 Å². The van der Waals surface area contributed by atoms with Crippen LogP contribution in [0, 0.1) is 0 Å². The van der Waals surface area contributed by atoms with Crippen molar-refractivity contribution in [1.29, 1.82) is 0 Å². The molecule has 0 amide bonds. The molecule has 0 spiro atoms. The number of methoxy groups -OCH3 is 1. The number of nitrogens with zero attached hydrogens (tertiary/aromatic N) is 7. The molecule has 0 aliphatic rings. The summed E-state index contributed by atoms with van der Waals surface area (Å²) in [4.78, 5) is 4.31. The fourth-order valence-electron chi connectivity index (χ4n) is 1.98. The lowest BCUT2D eigenvalue weighted by Gasteiger charge is -2.09. The maximum atomic E-state index is 5.29. The number of hydrogen-bond acceptors (Lipinski definition) is 9. The highest BCUT2D eigenvalue weighted by Gasteiger charge is 2.16. The van der Waals surface area contributed by atoms with Gasteiger partial charge in [0.05, 0.1) is 12.8 Å². The number of ether oxygens (including phenoxy) is 1. The van der Waals surface area contributed by atoms with Gasteiger partial charge in [0.1, 0.15) is 5.75 Å². The van der Waals surface area contributed by atoms with Gasteiger partial charge >= 0.3 is 0 Å². The van der Waals surface area contributed by atoms with Gasteiger partial charge in [-0.3, -0.25) is 0 Å². The summed E-state index contributed by atoms with van der Waals surface area (Å²) in [5, 5.41) is 21.9. The lowest BCUT2D eigenvalue weighted by atomic mass is 10.3. The SMILES string of the molecule is COc1ccccc1Nc1nc2nonc2n2nnnc12. The van der Waals surface area contributed by atoms with E-state index >= 15 is 0 Å². The Labute approximate surface area is 116 Å². The zero-order chi connectivity index (χ0) is 14.2. The van der Waals surface area contributed by atoms with E-state index in [1.54, 1.807) is 7.11 Å². The zero-order valence-electron chi connectivity index (χ0n) is 10.8. The van der Waals surface area contributed by atoms with Crippen LogP contribution in [0.5, 0.6) is 5.75 Å². The van der Waals surface area contributed by atoms with Gasteiger partial charge < -0.3 is 10.1 Å². The van der Waals surface area contributed by atoms with Crippen molar-refractivity contribution in [3.63, 3.8) is 0 Å². The summed E-state index contributed by atoms with van der Waals surface area (Å²) >= 11 is 0. The van der Waals surface area contributed by atoms with Crippen LogP contribution >= 0.6 is 0 Å². The number of para-hydroxylation sites is 2. The van der Waals surface area contributed by atoms with Gasteiger partial charge in [-0.05, 0) is 32.9 Å². The molecule has 0 saturated heterocycles. The third-order valence-electron chi connectivity index (χ3n) is 2.91. The van der Waals surface area contributed by atoms with Gasteiger partial charge in [0.2, 0.25) is 16.9 Å². The number of aromatic nitrogens is 7. The number of anilines is 2. The summed E-state index contributed by atoms with van der Waals surface area (Å²) in [6.45, 7) is 0. The van der Waals surface area contributed by atoms with Gasteiger partial charge in [0.25, 0.3) is 0 Å². The van der Waals surface area contributed by atoms with Crippen LogP contribution < -0.4 is 10.1 Å². The molecule has 1 N–H and O–H groups in total. The second-order valence-electron chi connectivity index (χ2n) is 4.11. The molecule has 0 bridgehead atoms. The van der Waals surface area contributed by atoms with E-state index in [-0.39, 0.29) is 0 Å². The molecular weight excluding hydrogens is 276 g/mol. The quantitative estimate of drug-likeness (QED) is 0.583. The van der Waals surface area contributed by atoms with Crippen molar-refractivity contribution in [1.82, 2.24) is 35.3 Å². The maximum absolute atomic E-state index is 5.29. The second kappa shape index (κ2) is 4.37. The number of fused-ring (bicyclic) bond motifs is 3. The largest absolute Gasteiger partial charge is 0.495 e. The molecule has 0 aliphatic carbocycles. The van der Waals surface area contributed by atoms with Gasteiger partial charge in [0, 0.05) is 0 Å². The molecule has 0 atom stereocenters. The third-order valence-corrected chi connectivity index (χ3v) is 2.91. The highest BCUT2D eigenvalue weighted by atomic mass is 16.6. The normalized spacial score (nSPS) is 11.1. The van der Waals surface area contributed by atoms with E-state index < -0.39 is 0 Å². The summed E-state index contributed by atoms with van der Waals surface area (Å²) in [7, 11) is 1.59. The Hall–Kier alpha value is -3.30. The smallest absolute Gasteiger partial charge is 0.248 e. The van der Waals surface area contributed by atoms with Crippen LogP contribution in [0.2, 0.25) is 0 Å². The Morgan fingerprint density at radius 3 is 3.00 bits per heavy atom. The van der Waals surface area contributed by atoms with Gasteiger partial charge in [-0.2, -0.15) is 4.52 Å². The average Bonchev–Trinajstić information content (AvgIpc) is 3.15. The molecule has 4 aromatic rings. The Morgan fingerprint density at radius 1 is 1.19 bits per heavy atom. The number of benzene rings is 1. The van der Waals surface area contributed by atoms with Crippen molar-refractivity contribution in [2.45, 2.75) is 0 Å². The van der Waals surface area contributed by atoms with E-state index in [2.05, 4.69) is 40.8 Å². The average molecular weight is 284 g/mol. The fourth-order valence-corrected chi connectivity index (χ4v) is 1.98. The summed E-state index contributed by atoms with van der Waals surface area (Å²) in [6, 6.07) is 7.43. The van der Waals surface area contributed by atoms with Gasteiger partial charge in [-0.25, -0.2) is 9.61 Å². The van der Waals surface area contributed by atoms with Crippen LogP contribution in [0.1, 0.15) is 0 Å². The van der Waals surface area contributed by atoms with Crippen molar-refractivity contribution in [2.75, 3.05) is 12.4 Å². The lowest BCUT2D eigenvalue weighted by Crippen LogP contribution is -2.02. The predicted molar refractivity (Wildman–Crippen MR) is 70.2 cm³/mol. The van der Waals surface area contributed by atoms with E-state index in [1.807, 2.05) is 24.3 Å². The molecular formula is C11H8N8O2. The molecule has 4 rings (SSSR count). The lowest BCUT2D eigenvalue weighted by molar-refractivity contribution is 0.313. The molecule has 0 radical (unpaired) electrons. The highest BCUT2D eigenvalue weighted by molar-refractivity contribution is 5.79. The summed E-state index contributed by atoms with van der Waals surface area (Å²) in [6.07, 6.45) is 0. The van der Waals surface area contributed by atoms with Gasteiger partial charge in [-0.1, -0.05) is 12.1 Å². The second-order valence-corrected chi connectivity index (χ2v) is 4.11. The summed E-state index contributed by atoms with van der Waals surface area (Å²) < 4.78 is 11.3. The van der Waals surface area contributed by atoms with E-state index in [9.17, 15) is 0 Å². The van der Waals surface area contributed by atoms with Crippen LogP contribution in [-0.4, -0.2) is 42.4 Å². The first-order valence-electron chi connectivity index (χ1n) is 5.97. The third kappa shape index (κ3) is 1.73. The Kier molecular flexibility index (Phi) is 2.40. The molecule has 10 nitrogen and oxygen atoms in total. The van der Waals surface area contributed by atoms with Crippen LogP contribution in [0.3, 0.4) is 0 Å². The molecule has 1 aromatic carbocycles. The molecule has 0 fully saturated rings. The first-order valence-corrected chi connectivity index (χ1v) is 5.97. The van der Waals surface area contributed by atoms with Crippen LogP contribution in [0.25, 0.3) is 16.9 Å². The maximum Gasteiger partial charge on any atom is 0.248 e. The number of tetrazole rings is 1. The Morgan fingerprint density at radius 2 is 2.10 bits per heavy atom. The summed E-state index contributed by atoms with van der Waals surface area (Å²) in [5.41, 5.74) is 1.78. The topological polar surface area (TPSA) is 116 Å². The van der Waals surface area contributed by atoms with Crippen molar-refractivity contribution in [2.24, 2.45) is 0 Å². The van der Waals surface area contributed by atoms with Gasteiger partial charge in [0.15, 0.2) is 5.82 Å². The Balaban J connectivity index is 1.90. The van der Waals surface area contributed by atoms with E-state index in [0.29, 0.717) is 28.5 Å². The van der Waals surface area contributed by atoms with E-state index in [4.69, 9.17) is 4.74 Å². The Bertz CT molecular complexity index is 930. The predicted octanol–water partition coefficient (Wildman–Crippen LogP) is 0.808. The minimum Gasteiger partial charge on any atom is -0.495 e. The van der Waals surface area contributed by atoms with E-state index in [0.717, 1.165) is 5.69 Å². The molecule has 0 saturated carbocycles. The molecule has 3 heterocycles. The first kappa shape index (κ1) is 11.5. The number of nitrogens with one attached hydrogen (secondary N) is 1. The van der Waals surface area contributed by atoms with E-state index in [1.165, 1.54) is 4.52 Å². The van der Waals surface area contributed by atoms with Crippen molar-refractivity contribution in [3.8, 4) is 5.75 Å². The van der Waals surface area contributed by atoms with Crippen LogP contribution in [0.4, 0.5) is 11.5 Å². The van der Waals surface area contributed by atoms with Crippen LogP contribution in [-0.2, 0) is 0 Å². The molecule has 0 aliphatic heterocycles. The molecule has 104 valence electrons. The summed E-state index contributed by atoms with van der Waals surface area (Å²) in [5.74, 6) is 1.09. The van der Waals surface area contributed by atoms with Crippen molar-refractivity contribution >= 4 is 28.4 Å². The van der Waals surface area contributed by atoms with Crippen LogP contribution in [0.15, 0.2) is 28.9 Å². The first-order chi connectivity index (χ1) is 10.4. The zero-order valence-corrected chi connectivity index (χ0v) is 10.8. The number of rotatable bonds is 3. The van der Waals surface area contributed by atoms with Crippen molar-refractivity contribution in [3.05, 3.63) is 24.3 Å². The standard InChI is InChI=1S/C11H8N8O2/c1-20-7-5-3-2-4-6(7)12-8-10-14-17-18-19(10)11-9(13-8)15-21-16-11/h2-5H,1H3,(H,12,13,15). The minimum absolute atomic E-state index is 0.298. The molecule has 3 aromatic heterocycles.